The molecule has 0 aliphatic rings. The Morgan fingerprint density at radius 3 is 2.50 bits per heavy atom. The van der Waals surface area contributed by atoms with E-state index in [1.165, 1.54) is 12.0 Å². The second kappa shape index (κ2) is 6.98. The molecule has 0 unspecified atom stereocenters. The number of methoxy groups -OCH3 is 1. The number of esters is 1. The summed E-state index contributed by atoms with van der Waals surface area (Å²) in [5.41, 5.74) is 1.81. The lowest BCUT2D eigenvalue weighted by atomic mass is 10.1. The first kappa shape index (κ1) is 16.1. The van der Waals surface area contributed by atoms with Crippen molar-refractivity contribution in [3.63, 3.8) is 0 Å². The highest BCUT2D eigenvalue weighted by Crippen LogP contribution is 2.13. The van der Waals surface area contributed by atoms with Crippen LogP contribution in [0.5, 0.6) is 0 Å². The number of aryl methyl sites for hydroxylation is 2. The summed E-state index contributed by atoms with van der Waals surface area (Å²) >= 11 is 0. The molecule has 0 aliphatic carbocycles. The number of hydrogen-bond acceptors (Lipinski definition) is 5. The average Bonchev–Trinajstić information content (AvgIpc) is 2.43. The van der Waals surface area contributed by atoms with Gasteiger partial charge < -0.3 is 9.64 Å². The van der Waals surface area contributed by atoms with Gasteiger partial charge in [-0.05, 0) is 33.3 Å². The van der Waals surface area contributed by atoms with Crippen molar-refractivity contribution in [1.82, 2.24) is 15.1 Å². The van der Waals surface area contributed by atoms with Crippen LogP contribution in [0.25, 0.3) is 0 Å². The van der Waals surface area contributed by atoms with Gasteiger partial charge in [-0.15, -0.1) is 0 Å². The molecule has 6 heteroatoms. The molecular weight excluding hydrogens is 258 g/mol. The van der Waals surface area contributed by atoms with Gasteiger partial charge in [-0.2, -0.15) is 10.2 Å². The topological polar surface area (TPSA) is 72.4 Å². The van der Waals surface area contributed by atoms with Crippen molar-refractivity contribution >= 4 is 11.9 Å². The molecule has 20 heavy (non-hydrogen) atoms. The van der Waals surface area contributed by atoms with Crippen molar-refractivity contribution in [2.75, 3.05) is 13.7 Å². The van der Waals surface area contributed by atoms with Gasteiger partial charge in [0.2, 0.25) is 0 Å². The highest BCUT2D eigenvalue weighted by Gasteiger charge is 2.24. The maximum Gasteiger partial charge on any atom is 0.325 e. The zero-order valence-corrected chi connectivity index (χ0v) is 12.6. The van der Waals surface area contributed by atoms with Crippen molar-refractivity contribution in [1.29, 1.82) is 0 Å². The van der Waals surface area contributed by atoms with Crippen molar-refractivity contribution in [2.24, 2.45) is 0 Å². The van der Waals surface area contributed by atoms with Gasteiger partial charge in [-0.1, -0.05) is 6.92 Å². The second-order valence-corrected chi connectivity index (χ2v) is 4.80. The molecule has 0 bridgehead atoms. The first-order valence-electron chi connectivity index (χ1n) is 6.61. The minimum Gasteiger partial charge on any atom is -0.468 e. The molecular formula is C14H21N3O3. The third-order valence-electron chi connectivity index (χ3n) is 2.97. The molecule has 0 saturated carbocycles. The maximum atomic E-state index is 12.6. The average molecular weight is 279 g/mol. The molecule has 1 aromatic rings. The normalized spacial score (nSPS) is 10.5. The fraction of sp³-hybridized carbons (Fsp3) is 0.571. The van der Waals surface area contributed by atoms with Crippen molar-refractivity contribution in [2.45, 2.75) is 40.2 Å². The third kappa shape index (κ3) is 3.76. The summed E-state index contributed by atoms with van der Waals surface area (Å²) in [6, 6.07) is 1.60. The number of hydrogen-bond donors (Lipinski definition) is 0. The van der Waals surface area contributed by atoms with Crippen LogP contribution in [0.2, 0.25) is 0 Å². The number of carbonyl (C=O) groups is 2. The van der Waals surface area contributed by atoms with E-state index in [9.17, 15) is 9.59 Å². The smallest absolute Gasteiger partial charge is 0.325 e. The van der Waals surface area contributed by atoms with Gasteiger partial charge in [-0.3, -0.25) is 9.59 Å². The van der Waals surface area contributed by atoms with Crippen molar-refractivity contribution < 1.29 is 14.3 Å². The van der Waals surface area contributed by atoms with Crippen LogP contribution in [0.4, 0.5) is 0 Å². The highest BCUT2D eigenvalue weighted by molar-refractivity contribution is 5.97. The van der Waals surface area contributed by atoms with Crippen LogP contribution in [0.3, 0.4) is 0 Å². The first-order chi connectivity index (χ1) is 9.40. The molecule has 0 N–H and O–H groups in total. The van der Waals surface area contributed by atoms with Gasteiger partial charge in [0.15, 0.2) is 0 Å². The lowest BCUT2D eigenvalue weighted by Gasteiger charge is -2.26. The minimum atomic E-state index is -0.441. The molecule has 1 heterocycles. The van der Waals surface area contributed by atoms with Crippen molar-refractivity contribution in [3.05, 3.63) is 23.0 Å². The molecule has 0 aromatic carbocycles. The van der Waals surface area contributed by atoms with Gasteiger partial charge in [0.1, 0.15) is 6.54 Å². The fourth-order valence-electron chi connectivity index (χ4n) is 1.81. The molecule has 6 nitrogen and oxygen atoms in total. The van der Waals surface area contributed by atoms with Gasteiger partial charge in [-0.25, -0.2) is 0 Å². The molecule has 0 fully saturated rings. The minimum absolute atomic E-state index is 0.0719. The van der Waals surface area contributed by atoms with E-state index in [0.717, 1.165) is 0 Å². The lowest BCUT2D eigenvalue weighted by molar-refractivity contribution is -0.141. The Morgan fingerprint density at radius 1 is 1.35 bits per heavy atom. The van der Waals surface area contributed by atoms with Gasteiger partial charge in [0, 0.05) is 6.04 Å². The molecule has 1 rings (SSSR count). The maximum absolute atomic E-state index is 12.6. The van der Waals surface area contributed by atoms with Gasteiger partial charge >= 0.3 is 5.97 Å². The third-order valence-corrected chi connectivity index (χ3v) is 2.97. The Balaban J connectivity index is 3.12. The summed E-state index contributed by atoms with van der Waals surface area (Å²) in [5.74, 6) is -0.663. The predicted molar refractivity (Wildman–Crippen MR) is 74.3 cm³/mol. The number of ether oxygens (including phenoxy) is 1. The Hall–Kier alpha value is -1.98. The van der Waals surface area contributed by atoms with E-state index in [1.54, 1.807) is 13.0 Å². The van der Waals surface area contributed by atoms with Crippen LogP contribution in [0.15, 0.2) is 6.07 Å². The Bertz CT molecular complexity index is 500. The molecule has 0 saturated heterocycles. The van der Waals surface area contributed by atoms with E-state index in [0.29, 0.717) is 23.4 Å². The Labute approximate surface area is 119 Å². The van der Waals surface area contributed by atoms with Crippen LogP contribution in [-0.2, 0) is 16.0 Å². The van der Waals surface area contributed by atoms with Crippen LogP contribution in [-0.4, -0.2) is 46.7 Å². The van der Waals surface area contributed by atoms with E-state index < -0.39 is 5.97 Å². The summed E-state index contributed by atoms with van der Waals surface area (Å²) in [7, 11) is 1.31. The lowest BCUT2D eigenvalue weighted by Crippen LogP contribution is -2.41. The van der Waals surface area contributed by atoms with Crippen LogP contribution in [0, 0.1) is 6.92 Å². The summed E-state index contributed by atoms with van der Waals surface area (Å²) in [5, 5.41) is 8.01. The number of carbonyl (C=O) groups excluding carboxylic acids is 2. The number of nitrogens with zero attached hydrogens (tertiary/aromatic N) is 3. The quantitative estimate of drug-likeness (QED) is 0.761. The molecule has 0 radical (unpaired) electrons. The molecule has 1 amide bonds. The molecule has 110 valence electrons. The zero-order chi connectivity index (χ0) is 15.3. The Morgan fingerprint density at radius 2 is 2.00 bits per heavy atom. The number of rotatable bonds is 5. The fourth-order valence-corrected chi connectivity index (χ4v) is 1.81. The first-order valence-corrected chi connectivity index (χ1v) is 6.61. The van der Waals surface area contributed by atoms with Crippen LogP contribution < -0.4 is 0 Å². The SMILES string of the molecule is CCc1nnc(C)cc1C(=O)N(CC(=O)OC)C(C)C. The number of aromatic nitrogens is 2. The predicted octanol–water partition coefficient (Wildman–Crippen LogP) is 1.37. The van der Waals surface area contributed by atoms with Crippen LogP contribution in [0.1, 0.15) is 42.5 Å². The number of amides is 1. The monoisotopic (exact) mass is 279 g/mol. The van der Waals surface area contributed by atoms with E-state index in [1.807, 2.05) is 20.8 Å². The van der Waals surface area contributed by atoms with Gasteiger partial charge in [0.25, 0.3) is 5.91 Å². The van der Waals surface area contributed by atoms with Crippen molar-refractivity contribution in [3.8, 4) is 0 Å². The van der Waals surface area contributed by atoms with E-state index in [-0.39, 0.29) is 18.5 Å². The zero-order valence-electron chi connectivity index (χ0n) is 12.6. The summed E-state index contributed by atoms with van der Waals surface area (Å²) in [6.45, 7) is 7.33. The van der Waals surface area contributed by atoms with Gasteiger partial charge in [0.05, 0.1) is 24.1 Å². The molecule has 0 spiro atoms. The van der Waals surface area contributed by atoms with E-state index >= 15 is 0 Å². The standard InChI is InChI=1S/C14H21N3O3/c1-6-12-11(7-10(4)15-16-12)14(19)17(9(2)3)8-13(18)20-5/h7,9H,6,8H2,1-5H3. The Kier molecular flexibility index (Phi) is 5.61. The molecule has 1 aromatic heterocycles. The van der Waals surface area contributed by atoms with E-state index in [2.05, 4.69) is 14.9 Å². The summed E-state index contributed by atoms with van der Waals surface area (Å²) in [4.78, 5) is 25.5. The molecule has 0 atom stereocenters. The molecule has 0 aliphatic heterocycles. The summed E-state index contributed by atoms with van der Waals surface area (Å²) < 4.78 is 4.64. The van der Waals surface area contributed by atoms with Crippen LogP contribution >= 0.6 is 0 Å². The summed E-state index contributed by atoms with van der Waals surface area (Å²) in [6.07, 6.45) is 0.610. The highest BCUT2D eigenvalue weighted by atomic mass is 16.5. The largest absolute Gasteiger partial charge is 0.468 e. The van der Waals surface area contributed by atoms with E-state index in [4.69, 9.17) is 0 Å². The second-order valence-electron chi connectivity index (χ2n) is 4.80.